The van der Waals surface area contributed by atoms with Crippen LogP contribution in [0.3, 0.4) is 0 Å². The number of amides is 1. The number of benzene rings is 2. The van der Waals surface area contributed by atoms with Crippen LogP contribution in [0.4, 0.5) is 10.1 Å². The molecular formula is C19H17FN2O3. The molecule has 1 N–H and O–H groups in total. The van der Waals surface area contributed by atoms with Crippen LogP contribution < -0.4 is 10.1 Å². The summed E-state index contributed by atoms with van der Waals surface area (Å²) in [6.07, 6.45) is 0. The minimum atomic E-state index is -0.432. The van der Waals surface area contributed by atoms with Gasteiger partial charge in [0.15, 0.2) is 5.69 Å². The lowest BCUT2D eigenvalue weighted by molar-refractivity contribution is 0.101. The maximum atomic E-state index is 13.2. The number of hydrogen-bond donors (Lipinski definition) is 1. The van der Waals surface area contributed by atoms with Crippen LogP contribution in [0.15, 0.2) is 53.1 Å². The molecule has 1 amide bonds. The van der Waals surface area contributed by atoms with Crippen LogP contribution in [-0.4, -0.2) is 11.1 Å². The average Bonchev–Trinajstić information content (AvgIpc) is 2.97. The van der Waals surface area contributed by atoms with Gasteiger partial charge in [-0.25, -0.2) is 4.39 Å². The molecule has 0 unspecified atom stereocenters. The summed E-state index contributed by atoms with van der Waals surface area (Å²) >= 11 is 0. The minimum absolute atomic E-state index is 0.150. The summed E-state index contributed by atoms with van der Waals surface area (Å²) in [7, 11) is 0. The van der Waals surface area contributed by atoms with Crippen molar-refractivity contribution in [1.82, 2.24) is 5.16 Å². The number of para-hydroxylation sites is 1. The predicted molar refractivity (Wildman–Crippen MR) is 91.1 cm³/mol. The fourth-order valence-electron chi connectivity index (χ4n) is 2.36. The Hall–Kier alpha value is -3.15. The van der Waals surface area contributed by atoms with Crippen LogP contribution in [0, 0.1) is 19.7 Å². The van der Waals surface area contributed by atoms with E-state index in [1.807, 2.05) is 30.3 Å². The van der Waals surface area contributed by atoms with Crippen molar-refractivity contribution in [2.75, 3.05) is 5.32 Å². The molecule has 0 spiro atoms. The van der Waals surface area contributed by atoms with Gasteiger partial charge >= 0.3 is 0 Å². The number of nitrogens with zero attached hydrogens (tertiary/aromatic N) is 1. The Labute approximate surface area is 144 Å². The van der Waals surface area contributed by atoms with Gasteiger partial charge in [0, 0.05) is 5.69 Å². The monoisotopic (exact) mass is 340 g/mol. The quantitative estimate of drug-likeness (QED) is 0.754. The van der Waals surface area contributed by atoms with Crippen LogP contribution in [0.1, 0.15) is 27.4 Å². The van der Waals surface area contributed by atoms with Crippen molar-refractivity contribution < 1.29 is 18.4 Å². The zero-order valence-electron chi connectivity index (χ0n) is 13.9. The van der Waals surface area contributed by atoms with Crippen molar-refractivity contribution in [3.63, 3.8) is 0 Å². The Balaban J connectivity index is 1.77. The average molecular weight is 340 g/mol. The summed E-state index contributed by atoms with van der Waals surface area (Å²) in [5.41, 5.74) is 1.86. The molecule has 0 radical (unpaired) electrons. The van der Waals surface area contributed by atoms with E-state index in [4.69, 9.17) is 9.26 Å². The van der Waals surface area contributed by atoms with Crippen LogP contribution in [0.25, 0.3) is 0 Å². The highest BCUT2D eigenvalue weighted by Gasteiger charge is 2.21. The molecule has 5 nitrogen and oxygen atoms in total. The van der Waals surface area contributed by atoms with Gasteiger partial charge in [0.05, 0.1) is 5.56 Å². The van der Waals surface area contributed by atoms with Crippen LogP contribution >= 0.6 is 0 Å². The lowest BCUT2D eigenvalue weighted by atomic mass is 10.1. The first-order valence-electron chi connectivity index (χ1n) is 7.75. The summed E-state index contributed by atoms with van der Waals surface area (Å²) in [4.78, 5) is 12.5. The number of hydrogen-bond acceptors (Lipinski definition) is 4. The summed E-state index contributed by atoms with van der Waals surface area (Å²) in [5, 5.41) is 6.55. The van der Waals surface area contributed by atoms with E-state index >= 15 is 0 Å². The standard InChI is InChI=1S/C19H17FN2O3/c1-12-10-14(20)8-9-17(12)21-19(23)18-16(13(2)25-22-18)11-24-15-6-4-3-5-7-15/h3-10H,11H2,1-2H3,(H,21,23). The molecule has 0 aliphatic heterocycles. The SMILES string of the molecule is Cc1cc(F)ccc1NC(=O)c1noc(C)c1COc1ccccc1. The third kappa shape index (κ3) is 3.85. The number of aryl methyl sites for hydroxylation is 2. The van der Waals surface area contributed by atoms with Crippen molar-refractivity contribution >= 4 is 11.6 Å². The van der Waals surface area contributed by atoms with Gasteiger partial charge in [-0.05, 0) is 49.7 Å². The number of anilines is 1. The minimum Gasteiger partial charge on any atom is -0.489 e. The molecule has 0 aliphatic carbocycles. The van der Waals surface area contributed by atoms with Crippen LogP contribution in [0.5, 0.6) is 5.75 Å². The Morgan fingerprint density at radius 1 is 1.20 bits per heavy atom. The molecule has 0 saturated carbocycles. The third-order valence-electron chi connectivity index (χ3n) is 3.76. The molecule has 2 aromatic carbocycles. The van der Waals surface area contributed by atoms with Crippen molar-refractivity contribution in [1.29, 1.82) is 0 Å². The van der Waals surface area contributed by atoms with E-state index in [1.54, 1.807) is 13.8 Å². The second-order valence-corrected chi connectivity index (χ2v) is 5.58. The summed E-state index contributed by atoms with van der Waals surface area (Å²) < 4.78 is 24.0. The van der Waals surface area contributed by atoms with Gasteiger partial charge in [-0.3, -0.25) is 4.79 Å². The molecule has 25 heavy (non-hydrogen) atoms. The number of ether oxygens (including phenoxy) is 1. The fourth-order valence-corrected chi connectivity index (χ4v) is 2.36. The smallest absolute Gasteiger partial charge is 0.278 e. The number of rotatable bonds is 5. The Morgan fingerprint density at radius 3 is 2.68 bits per heavy atom. The zero-order valence-corrected chi connectivity index (χ0v) is 13.9. The predicted octanol–water partition coefficient (Wildman–Crippen LogP) is 4.26. The molecule has 3 aromatic rings. The Bertz CT molecular complexity index is 891. The first-order chi connectivity index (χ1) is 12.0. The lowest BCUT2D eigenvalue weighted by Gasteiger charge is -2.09. The van der Waals surface area contributed by atoms with Gasteiger partial charge < -0.3 is 14.6 Å². The molecule has 0 fully saturated rings. The highest BCUT2D eigenvalue weighted by Crippen LogP contribution is 2.21. The maximum Gasteiger partial charge on any atom is 0.278 e. The molecule has 6 heteroatoms. The van der Waals surface area contributed by atoms with Crippen molar-refractivity contribution in [2.45, 2.75) is 20.5 Å². The molecule has 1 heterocycles. The number of nitrogens with one attached hydrogen (secondary N) is 1. The molecule has 0 atom stereocenters. The number of aromatic nitrogens is 1. The second kappa shape index (κ2) is 7.17. The number of carbonyl (C=O) groups is 1. The van der Waals surface area contributed by atoms with Gasteiger partial charge in [0.2, 0.25) is 0 Å². The van der Waals surface area contributed by atoms with E-state index < -0.39 is 5.91 Å². The first-order valence-corrected chi connectivity index (χ1v) is 7.75. The summed E-state index contributed by atoms with van der Waals surface area (Å²) in [5.74, 6) is 0.406. The first kappa shape index (κ1) is 16.7. The van der Waals surface area contributed by atoms with E-state index in [0.29, 0.717) is 28.3 Å². The summed E-state index contributed by atoms with van der Waals surface area (Å²) in [6, 6.07) is 13.4. The second-order valence-electron chi connectivity index (χ2n) is 5.58. The van der Waals surface area contributed by atoms with Gasteiger partial charge in [-0.1, -0.05) is 23.4 Å². The highest BCUT2D eigenvalue weighted by atomic mass is 19.1. The normalized spacial score (nSPS) is 10.5. The molecular weight excluding hydrogens is 323 g/mol. The van der Waals surface area contributed by atoms with E-state index in [2.05, 4.69) is 10.5 Å². The fraction of sp³-hybridized carbons (Fsp3) is 0.158. The van der Waals surface area contributed by atoms with E-state index in [0.717, 1.165) is 0 Å². The molecule has 1 aromatic heterocycles. The van der Waals surface area contributed by atoms with Gasteiger partial charge in [-0.2, -0.15) is 0 Å². The van der Waals surface area contributed by atoms with Gasteiger partial charge in [-0.15, -0.1) is 0 Å². The maximum absolute atomic E-state index is 13.2. The van der Waals surface area contributed by atoms with E-state index in [-0.39, 0.29) is 18.1 Å². The van der Waals surface area contributed by atoms with E-state index in [1.165, 1.54) is 18.2 Å². The molecule has 3 rings (SSSR count). The summed E-state index contributed by atoms with van der Waals surface area (Å²) in [6.45, 7) is 3.59. The van der Waals surface area contributed by atoms with Crippen LogP contribution in [0.2, 0.25) is 0 Å². The van der Waals surface area contributed by atoms with Crippen molar-refractivity contribution in [2.24, 2.45) is 0 Å². The number of carbonyl (C=O) groups excluding carboxylic acids is 1. The zero-order chi connectivity index (χ0) is 17.8. The molecule has 128 valence electrons. The van der Waals surface area contributed by atoms with Crippen molar-refractivity contribution in [3.8, 4) is 5.75 Å². The Morgan fingerprint density at radius 2 is 1.96 bits per heavy atom. The van der Waals surface area contributed by atoms with E-state index in [9.17, 15) is 9.18 Å². The topological polar surface area (TPSA) is 64.4 Å². The molecule has 0 saturated heterocycles. The highest BCUT2D eigenvalue weighted by molar-refractivity contribution is 6.04. The lowest BCUT2D eigenvalue weighted by Crippen LogP contribution is -2.16. The van der Waals surface area contributed by atoms with Crippen molar-refractivity contribution in [3.05, 3.63) is 76.9 Å². The third-order valence-corrected chi connectivity index (χ3v) is 3.76. The van der Waals surface area contributed by atoms with Gasteiger partial charge in [0.25, 0.3) is 5.91 Å². The largest absolute Gasteiger partial charge is 0.489 e. The van der Waals surface area contributed by atoms with Gasteiger partial charge in [0.1, 0.15) is 23.9 Å². The van der Waals surface area contributed by atoms with Crippen LogP contribution in [-0.2, 0) is 6.61 Å². The molecule has 0 aliphatic rings. The number of halogens is 1. The Kier molecular flexibility index (Phi) is 4.79. The molecule has 0 bridgehead atoms.